The molecule has 0 spiro atoms. The van der Waals surface area contributed by atoms with Gasteiger partial charge in [-0.2, -0.15) is 0 Å². The van der Waals surface area contributed by atoms with Crippen LogP contribution in [-0.2, 0) is 23.8 Å². The maximum Gasteiger partial charge on any atom is 0.355 e. The van der Waals surface area contributed by atoms with Gasteiger partial charge in [0.05, 0.1) is 38.7 Å². The number of carbonyl (C=O) groups excluding carboxylic acids is 2. The van der Waals surface area contributed by atoms with Gasteiger partial charge in [-0.25, -0.2) is 14.0 Å². The Morgan fingerprint density at radius 1 is 1.07 bits per heavy atom. The van der Waals surface area contributed by atoms with Crippen molar-refractivity contribution in [1.82, 2.24) is 0 Å². The second-order valence-electron chi connectivity index (χ2n) is 6.05. The minimum atomic E-state index is -0.741. The van der Waals surface area contributed by atoms with E-state index in [0.717, 1.165) is 0 Å². The second kappa shape index (κ2) is 8.71. The molecule has 0 bridgehead atoms. The van der Waals surface area contributed by atoms with Gasteiger partial charge in [0.25, 0.3) is 0 Å². The van der Waals surface area contributed by atoms with Gasteiger partial charge in [0.15, 0.2) is 0 Å². The minimum absolute atomic E-state index is 0.0111. The molecule has 0 aliphatic carbocycles. The van der Waals surface area contributed by atoms with Crippen molar-refractivity contribution in [3.63, 3.8) is 0 Å². The molecule has 28 heavy (non-hydrogen) atoms. The third kappa shape index (κ3) is 3.91. The summed E-state index contributed by atoms with van der Waals surface area (Å²) in [5.41, 5.74) is 0.784. The molecule has 0 N–H and O–H groups in total. The number of hydrogen-bond acceptors (Lipinski definition) is 7. The van der Waals surface area contributed by atoms with Crippen molar-refractivity contribution in [2.75, 3.05) is 50.3 Å². The fourth-order valence-electron chi connectivity index (χ4n) is 3.07. The number of ether oxygens (including phenoxy) is 3. The lowest BCUT2D eigenvalue weighted by atomic mass is 10.1. The Kier molecular flexibility index (Phi) is 6.10. The summed E-state index contributed by atoms with van der Waals surface area (Å²) in [4.78, 5) is 27.9. The van der Waals surface area contributed by atoms with Gasteiger partial charge in [-0.3, -0.25) is 0 Å². The predicted molar refractivity (Wildman–Crippen MR) is 101 cm³/mol. The van der Waals surface area contributed by atoms with Crippen molar-refractivity contribution in [2.24, 2.45) is 0 Å². The van der Waals surface area contributed by atoms with Crippen molar-refractivity contribution in [3.05, 3.63) is 59.7 Å². The summed E-state index contributed by atoms with van der Waals surface area (Å²) in [6.45, 7) is 2.28. The van der Waals surface area contributed by atoms with Gasteiger partial charge in [-0.1, -0.05) is 6.08 Å². The smallest absolute Gasteiger partial charge is 0.355 e. The van der Waals surface area contributed by atoms with Crippen molar-refractivity contribution in [3.8, 4) is 0 Å². The average Bonchev–Trinajstić information content (AvgIpc) is 2.96. The van der Waals surface area contributed by atoms with Crippen LogP contribution in [0.1, 0.15) is 0 Å². The number of halogens is 1. The van der Waals surface area contributed by atoms with Crippen LogP contribution in [0.15, 0.2) is 53.9 Å². The van der Waals surface area contributed by atoms with Gasteiger partial charge in [0.2, 0.25) is 0 Å². The predicted octanol–water partition coefficient (Wildman–Crippen LogP) is 2.15. The van der Waals surface area contributed by atoms with Crippen LogP contribution in [0.4, 0.5) is 15.8 Å². The first-order chi connectivity index (χ1) is 13.6. The highest BCUT2D eigenvalue weighted by Crippen LogP contribution is 2.30. The molecule has 7 nitrogen and oxygen atoms in total. The van der Waals surface area contributed by atoms with Crippen LogP contribution in [0.5, 0.6) is 0 Å². The normalized spacial score (nSPS) is 16.8. The Morgan fingerprint density at radius 3 is 2.43 bits per heavy atom. The number of allylic oxidation sites excluding steroid dienone is 2. The molecular weight excluding hydrogens is 367 g/mol. The molecule has 1 aromatic carbocycles. The molecule has 0 amide bonds. The van der Waals surface area contributed by atoms with E-state index in [1.807, 2.05) is 4.90 Å². The lowest BCUT2D eigenvalue weighted by Crippen LogP contribution is -2.36. The van der Waals surface area contributed by atoms with Crippen LogP contribution in [0.25, 0.3) is 0 Å². The molecule has 1 saturated heterocycles. The van der Waals surface area contributed by atoms with E-state index in [1.165, 1.54) is 31.3 Å². The van der Waals surface area contributed by atoms with Crippen molar-refractivity contribution < 1.29 is 28.2 Å². The molecular formula is C20H21FN2O5. The second-order valence-corrected chi connectivity index (χ2v) is 6.05. The summed E-state index contributed by atoms with van der Waals surface area (Å²) in [7, 11) is 2.43. The highest BCUT2D eigenvalue weighted by molar-refractivity contribution is 6.05. The Morgan fingerprint density at radius 2 is 1.79 bits per heavy atom. The third-order valence-electron chi connectivity index (χ3n) is 4.45. The molecule has 0 unspecified atom stereocenters. The quantitative estimate of drug-likeness (QED) is 0.732. The average molecular weight is 388 g/mol. The molecule has 0 radical (unpaired) electrons. The molecule has 2 heterocycles. The van der Waals surface area contributed by atoms with E-state index in [4.69, 9.17) is 14.2 Å². The Bertz CT molecular complexity index is 856. The summed E-state index contributed by atoms with van der Waals surface area (Å²) in [6, 6.07) is 4.65. The zero-order valence-electron chi connectivity index (χ0n) is 15.7. The maximum absolute atomic E-state index is 14.9. The molecule has 1 fully saturated rings. The number of anilines is 2. The summed E-state index contributed by atoms with van der Waals surface area (Å²) in [5, 5.41) is 0. The molecule has 3 rings (SSSR count). The summed E-state index contributed by atoms with van der Waals surface area (Å²) in [6.07, 6.45) is 6.23. The lowest BCUT2D eigenvalue weighted by molar-refractivity contribution is -0.139. The largest absolute Gasteiger partial charge is 0.465 e. The number of benzene rings is 1. The van der Waals surface area contributed by atoms with E-state index in [2.05, 4.69) is 0 Å². The van der Waals surface area contributed by atoms with Crippen LogP contribution in [-0.4, -0.2) is 52.5 Å². The Balaban J connectivity index is 2.03. The fraction of sp³-hybridized carbons (Fsp3) is 0.300. The molecule has 0 atom stereocenters. The van der Waals surface area contributed by atoms with E-state index in [1.54, 1.807) is 30.5 Å². The molecule has 8 heteroatoms. The Hall–Kier alpha value is -3.13. The fourth-order valence-corrected chi connectivity index (χ4v) is 3.07. The zero-order valence-corrected chi connectivity index (χ0v) is 15.7. The molecule has 2 aliphatic rings. The van der Waals surface area contributed by atoms with Crippen molar-refractivity contribution >= 4 is 23.3 Å². The molecule has 0 aromatic heterocycles. The number of hydrogen-bond donors (Lipinski definition) is 0. The zero-order chi connectivity index (χ0) is 20.1. The van der Waals surface area contributed by atoms with Crippen LogP contribution in [0.3, 0.4) is 0 Å². The SMILES string of the molecule is COC(=O)C1=C(C(=O)OC)N(c2ccc(N3CCOCC3)c(F)c2)C=CC=C1. The van der Waals surface area contributed by atoms with Gasteiger partial charge >= 0.3 is 11.9 Å². The topological polar surface area (TPSA) is 68.3 Å². The molecule has 0 saturated carbocycles. The number of morpholine rings is 1. The van der Waals surface area contributed by atoms with E-state index < -0.39 is 17.8 Å². The number of esters is 2. The number of carbonyl (C=O) groups is 2. The van der Waals surface area contributed by atoms with Gasteiger partial charge in [-0.05, 0) is 24.3 Å². The first kappa shape index (κ1) is 19.6. The number of nitrogens with zero attached hydrogens (tertiary/aromatic N) is 2. The van der Waals surface area contributed by atoms with Crippen LogP contribution in [0, 0.1) is 5.82 Å². The summed E-state index contributed by atoms with van der Waals surface area (Å²) >= 11 is 0. The first-order valence-corrected chi connectivity index (χ1v) is 8.74. The standard InChI is InChI=1S/C20H21FN2O5/c1-26-19(24)15-5-3-4-8-23(18(15)20(25)27-2)14-6-7-17(16(21)13-14)22-9-11-28-12-10-22/h3-8,13H,9-12H2,1-2H3. The summed E-state index contributed by atoms with van der Waals surface area (Å²) < 4.78 is 29.8. The molecule has 2 aliphatic heterocycles. The van der Waals surface area contributed by atoms with E-state index in [-0.39, 0.29) is 11.3 Å². The molecule has 1 aromatic rings. The van der Waals surface area contributed by atoms with Gasteiger partial charge in [0.1, 0.15) is 11.5 Å². The highest BCUT2D eigenvalue weighted by atomic mass is 19.1. The van der Waals surface area contributed by atoms with Crippen molar-refractivity contribution in [1.29, 1.82) is 0 Å². The van der Waals surface area contributed by atoms with E-state index in [9.17, 15) is 14.0 Å². The minimum Gasteiger partial charge on any atom is -0.465 e. The van der Waals surface area contributed by atoms with Crippen molar-refractivity contribution in [2.45, 2.75) is 0 Å². The maximum atomic E-state index is 14.9. The van der Waals surface area contributed by atoms with Gasteiger partial charge in [-0.15, -0.1) is 0 Å². The van der Waals surface area contributed by atoms with Crippen LogP contribution >= 0.6 is 0 Å². The van der Waals surface area contributed by atoms with E-state index in [0.29, 0.717) is 37.7 Å². The lowest BCUT2D eigenvalue weighted by Gasteiger charge is -2.30. The van der Waals surface area contributed by atoms with Gasteiger partial charge in [0, 0.05) is 31.0 Å². The van der Waals surface area contributed by atoms with E-state index >= 15 is 0 Å². The van der Waals surface area contributed by atoms with Gasteiger partial charge < -0.3 is 24.0 Å². The first-order valence-electron chi connectivity index (χ1n) is 8.74. The number of rotatable bonds is 4. The third-order valence-corrected chi connectivity index (χ3v) is 4.45. The van der Waals surface area contributed by atoms with Crippen LogP contribution in [0.2, 0.25) is 0 Å². The monoisotopic (exact) mass is 388 g/mol. The number of methoxy groups -OCH3 is 2. The van der Waals surface area contributed by atoms with Crippen LogP contribution < -0.4 is 9.80 Å². The Labute approximate surface area is 162 Å². The summed E-state index contributed by atoms with van der Waals surface area (Å²) in [5.74, 6) is -1.88. The highest BCUT2D eigenvalue weighted by Gasteiger charge is 2.28. The molecule has 148 valence electrons.